The standard InChI is InChI=1S/C16H23NO2/c1-16(2)18-11-15(19-16)10-17-9-12-3-5-13(6-4-12)14-7-8-14/h3-6,14-15,17H,7-11H2,1-2H3. The summed E-state index contributed by atoms with van der Waals surface area (Å²) >= 11 is 0. The van der Waals surface area contributed by atoms with E-state index in [0.29, 0.717) is 6.61 Å². The van der Waals surface area contributed by atoms with Crippen LogP contribution >= 0.6 is 0 Å². The van der Waals surface area contributed by atoms with Crippen LogP contribution in [0.4, 0.5) is 0 Å². The Morgan fingerprint density at radius 2 is 1.95 bits per heavy atom. The highest BCUT2D eigenvalue weighted by Gasteiger charge is 2.32. The summed E-state index contributed by atoms with van der Waals surface area (Å²) in [7, 11) is 0. The molecule has 104 valence electrons. The lowest BCUT2D eigenvalue weighted by molar-refractivity contribution is -0.137. The monoisotopic (exact) mass is 261 g/mol. The van der Waals surface area contributed by atoms with E-state index >= 15 is 0 Å². The van der Waals surface area contributed by atoms with Crippen LogP contribution in [0.5, 0.6) is 0 Å². The van der Waals surface area contributed by atoms with Crippen molar-refractivity contribution in [2.24, 2.45) is 0 Å². The molecule has 0 amide bonds. The zero-order chi connectivity index (χ0) is 13.3. The van der Waals surface area contributed by atoms with Gasteiger partial charge in [-0.2, -0.15) is 0 Å². The van der Waals surface area contributed by atoms with E-state index in [9.17, 15) is 0 Å². The van der Waals surface area contributed by atoms with Crippen molar-refractivity contribution in [1.82, 2.24) is 5.32 Å². The molecule has 0 spiro atoms. The summed E-state index contributed by atoms with van der Waals surface area (Å²) < 4.78 is 11.3. The lowest BCUT2D eigenvalue weighted by atomic mass is 10.1. The summed E-state index contributed by atoms with van der Waals surface area (Å²) in [5.41, 5.74) is 2.83. The van der Waals surface area contributed by atoms with Gasteiger partial charge in [-0.05, 0) is 43.7 Å². The first-order chi connectivity index (χ1) is 9.12. The van der Waals surface area contributed by atoms with Crippen LogP contribution in [0.15, 0.2) is 24.3 Å². The van der Waals surface area contributed by atoms with Crippen LogP contribution in [0.1, 0.15) is 43.7 Å². The molecule has 1 aliphatic carbocycles. The van der Waals surface area contributed by atoms with Gasteiger partial charge < -0.3 is 14.8 Å². The van der Waals surface area contributed by atoms with Crippen molar-refractivity contribution in [2.45, 2.75) is 51.0 Å². The van der Waals surface area contributed by atoms with Crippen LogP contribution < -0.4 is 5.32 Å². The van der Waals surface area contributed by atoms with Gasteiger partial charge in [-0.3, -0.25) is 0 Å². The first-order valence-corrected chi connectivity index (χ1v) is 7.24. The van der Waals surface area contributed by atoms with Gasteiger partial charge in [0.2, 0.25) is 0 Å². The Labute approximate surface area is 115 Å². The van der Waals surface area contributed by atoms with Crippen LogP contribution in [-0.2, 0) is 16.0 Å². The Balaban J connectivity index is 1.42. The van der Waals surface area contributed by atoms with Gasteiger partial charge in [0.05, 0.1) is 12.7 Å². The Bertz CT molecular complexity index is 423. The molecule has 1 saturated heterocycles. The maximum Gasteiger partial charge on any atom is 0.163 e. The molecule has 1 atom stereocenters. The van der Waals surface area contributed by atoms with Gasteiger partial charge >= 0.3 is 0 Å². The molecule has 2 fully saturated rings. The van der Waals surface area contributed by atoms with E-state index in [1.165, 1.54) is 24.0 Å². The Morgan fingerprint density at radius 3 is 2.53 bits per heavy atom. The largest absolute Gasteiger partial charge is 0.348 e. The minimum atomic E-state index is -0.418. The summed E-state index contributed by atoms with van der Waals surface area (Å²) in [5.74, 6) is 0.423. The van der Waals surface area contributed by atoms with Gasteiger partial charge in [-0.15, -0.1) is 0 Å². The van der Waals surface area contributed by atoms with Crippen molar-refractivity contribution >= 4 is 0 Å². The number of hydrogen-bond donors (Lipinski definition) is 1. The smallest absolute Gasteiger partial charge is 0.163 e. The van der Waals surface area contributed by atoms with E-state index in [-0.39, 0.29) is 6.10 Å². The number of benzene rings is 1. The summed E-state index contributed by atoms with van der Waals surface area (Å²) in [6.07, 6.45) is 2.90. The molecule has 0 bridgehead atoms. The van der Waals surface area contributed by atoms with Gasteiger partial charge in [0.25, 0.3) is 0 Å². The summed E-state index contributed by atoms with van der Waals surface area (Å²) in [5, 5.41) is 3.44. The molecule has 2 aliphatic rings. The van der Waals surface area contributed by atoms with Gasteiger partial charge in [0.1, 0.15) is 0 Å². The fraction of sp³-hybridized carbons (Fsp3) is 0.625. The van der Waals surface area contributed by atoms with E-state index < -0.39 is 5.79 Å². The van der Waals surface area contributed by atoms with Crippen molar-refractivity contribution < 1.29 is 9.47 Å². The number of ether oxygens (including phenoxy) is 2. The van der Waals surface area contributed by atoms with Crippen molar-refractivity contribution in [3.8, 4) is 0 Å². The number of nitrogens with one attached hydrogen (secondary N) is 1. The highest BCUT2D eigenvalue weighted by molar-refractivity contribution is 5.27. The van der Waals surface area contributed by atoms with Gasteiger partial charge in [-0.1, -0.05) is 24.3 Å². The fourth-order valence-electron chi connectivity index (χ4n) is 2.57. The topological polar surface area (TPSA) is 30.5 Å². The second-order valence-electron chi connectivity index (χ2n) is 6.10. The molecule has 0 aromatic heterocycles. The molecule has 0 radical (unpaired) electrons. The Hall–Kier alpha value is -0.900. The second-order valence-corrected chi connectivity index (χ2v) is 6.10. The molecular formula is C16H23NO2. The van der Waals surface area contributed by atoms with Crippen molar-refractivity contribution in [3.05, 3.63) is 35.4 Å². The first kappa shape index (κ1) is 13.1. The predicted octanol–water partition coefficient (Wildman–Crippen LogP) is 2.81. The Kier molecular flexibility index (Phi) is 3.61. The van der Waals surface area contributed by atoms with E-state index in [1.54, 1.807) is 0 Å². The van der Waals surface area contributed by atoms with Gasteiger partial charge in [0.15, 0.2) is 5.79 Å². The highest BCUT2D eigenvalue weighted by Crippen LogP contribution is 2.39. The summed E-state index contributed by atoms with van der Waals surface area (Å²) in [6.45, 7) is 6.34. The van der Waals surface area contributed by atoms with E-state index in [1.807, 2.05) is 13.8 Å². The minimum Gasteiger partial charge on any atom is -0.348 e. The zero-order valence-corrected chi connectivity index (χ0v) is 11.8. The average Bonchev–Trinajstić information content (AvgIpc) is 3.16. The highest BCUT2D eigenvalue weighted by atomic mass is 16.7. The quantitative estimate of drug-likeness (QED) is 0.884. The normalized spacial score (nSPS) is 25.7. The first-order valence-electron chi connectivity index (χ1n) is 7.24. The minimum absolute atomic E-state index is 0.167. The maximum atomic E-state index is 5.76. The average molecular weight is 261 g/mol. The molecule has 3 heteroatoms. The molecule has 1 aromatic rings. The maximum absolute atomic E-state index is 5.76. The van der Waals surface area contributed by atoms with Crippen LogP contribution in [-0.4, -0.2) is 25.0 Å². The lowest BCUT2D eigenvalue weighted by Crippen LogP contribution is -2.30. The molecule has 1 aliphatic heterocycles. The van der Waals surface area contributed by atoms with Crippen LogP contribution in [0.3, 0.4) is 0 Å². The van der Waals surface area contributed by atoms with E-state index in [2.05, 4.69) is 29.6 Å². The van der Waals surface area contributed by atoms with E-state index in [4.69, 9.17) is 9.47 Å². The SMILES string of the molecule is CC1(C)OCC(CNCc2ccc(C3CC3)cc2)O1. The molecule has 1 saturated carbocycles. The zero-order valence-electron chi connectivity index (χ0n) is 11.8. The van der Waals surface area contributed by atoms with Crippen LogP contribution in [0.2, 0.25) is 0 Å². The summed E-state index contributed by atoms with van der Waals surface area (Å²) in [6, 6.07) is 9.01. The lowest BCUT2D eigenvalue weighted by Gasteiger charge is -2.17. The molecule has 1 unspecified atom stereocenters. The van der Waals surface area contributed by atoms with Crippen LogP contribution in [0.25, 0.3) is 0 Å². The fourth-order valence-corrected chi connectivity index (χ4v) is 2.57. The molecular weight excluding hydrogens is 238 g/mol. The molecule has 3 rings (SSSR count). The third kappa shape index (κ3) is 3.56. The molecule has 1 aromatic carbocycles. The third-order valence-electron chi connectivity index (χ3n) is 3.80. The van der Waals surface area contributed by atoms with Crippen molar-refractivity contribution in [3.63, 3.8) is 0 Å². The molecule has 19 heavy (non-hydrogen) atoms. The molecule has 1 heterocycles. The van der Waals surface area contributed by atoms with Crippen molar-refractivity contribution in [1.29, 1.82) is 0 Å². The van der Waals surface area contributed by atoms with Gasteiger partial charge in [0, 0.05) is 13.1 Å². The number of hydrogen-bond acceptors (Lipinski definition) is 3. The predicted molar refractivity (Wildman–Crippen MR) is 75.0 cm³/mol. The molecule has 1 N–H and O–H groups in total. The second kappa shape index (κ2) is 5.23. The third-order valence-corrected chi connectivity index (χ3v) is 3.80. The Morgan fingerprint density at radius 1 is 1.21 bits per heavy atom. The van der Waals surface area contributed by atoms with Gasteiger partial charge in [-0.25, -0.2) is 0 Å². The van der Waals surface area contributed by atoms with Crippen molar-refractivity contribution in [2.75, 3.05) is 13.2 Å². The van der Waals surface area contributed by atoms with Crippen LogP contribution in [0, 0.1) is 0 Å². The summed E-state index contributed by atoms with van der Waals surface area (Å²) in [4.78, 5) is 0. The van der Waals surface area contributed by atoms with E-state index in [0.717, 1.165) is 19.0 Å². The number of rotatable bonds is 5. The molecule has 3 nitrogen and oxygen atoms in total.